The lowest BCUT2D eigenvalue weighted by Gasteiger charge is -2.16. The number of carbonyl (C=O) groups excluding carboxylic acids is 1. The van der Waals surface area contributed by atoms with Crippen molar-refractivity contribution in [3.05, 3.63) is 53.6 Å². The number of nitrogens with one attached hydrogen (secondary N) is 2. The number of halogens is 3. The van der Waals surface area contributed by atoms with Crippen LogP contribution in [-0.2, 0) is 6.18 Å². The van der Waals surface area contributed by atoms with E-state index in [4.69, 9.17) is 10.5 Å². The molecule has 0 bridgehead atoms. The van der Waals surface area contributed by atoms with E-state index in [1.54, 1.807) is 24.3 Å². The van der Waals surface area contributed by atoms with Crippen LogP contribution in [0.15, 0.2) is 36.7 Å². The zero-order chi connectivity index (χ0) is 19.6. The maximum Gasteiger partial charge on any atom is 0.449 e. The van der Waals surface area contributed by atoms with Gasteiger partial charge in [-0.2, -0.15) is 13.2 Å². The number of ether oxygens (including phenoxy) is 1. The predicted octanol–water partition coefficient (Wildman–Crippen LogP) is 2.42. The normalized spacial score (nSPS) is 12.8. The van der Waals surface area contributed by atoms with Crippen LogP contribution in [0.2, 0.25) is 0 Å². The molecule has 4 N–H and O–H groups in total. The van der Waals surface area contributed by atoms with Crippen molar-refractivity contribution in [2.24, 2.45) is 5.73 Å². The molecule has 2 heterocycles. The Labute approximate surface area is 151 Å². The van der Waals surface area contributed by atoms with Crippen molar-refractivity contribution in [1.82, 2.24) is 20.3 Å². The fourth-order valence-corrected chi connectivity index (χ4v) is 2.61. The average molecular weight is 379 g/mol. The smallest absolute Gasteiger partial charge is 0.449 e. The Morgan fingerprint density at radius 3 is 2.78 bits per heavy atom. The summed E-state index contributed by atoms with van der Waals surface area (Å²) in [5.41, 5.74) is 6.61. The van der Waals surface area contributed by atoms with Gasteiger partial charge in [0.1, 0.15) is 11.3 Å². The molecule has 3 aromatic rings. The number of nitrogens with two attached hydrogens (primary N) is 1. The van der Waals surface area contributed by atoms with E-state index in [2.05, 4.69) is 20.3 Å². The SMILES string of the molecule is COc1ccccc1C(N)CNC(=O)c1cncc2[nH]c(C(F)(F)F)nc12. The van der Waals surface area contributed by atoms with E-state index in [1.165, 1.54) is 13.3 Å². The summed E-state index contributed by atoms with van der Waals surface area (Å²) in [7, 11) is 1.51. The quantitative estimate of drug-likeness (QED) is 0.631. The number of fused-ring (bicyclic) bond motifs is 1. The molecule has 0 fully saturated rings. The number of hydrogen-bond acceptors (Lipinski definition) is 5. The van der Waals surface area contributed by atoms with Gasteiger partial charge in [-0.1, -0.05) is 18.2 Å². The number of pyridine rings is 1. The van der Waals surface area contributed by atoms with Crippen molar-refractivity contribution < 1.29 is 22.7 Å². The highest BCUT2D eigenvalue weighted by Crippen LogP contribution is 2.29. The van der Waals surface area contributed by atoms with Gasteiger partial charge in [-0.3, -0.25) is 9.78 Å². The number of benzene rings is 1. The van der Waals surface area contributed by atoms with Crippen LogP contribution in [0.3, 0.4) is 0 Å². The Balaban J connectivity index is 1.79. The molecule has 0 aliphatic rings. The third-order valence-electron chi connectivity index (χ3n) is 3.93. The Hall–Kier alpha value is -3.14. The van der Waals surface area contributed by atoms with Gasteiger partial charge in [-0.05, 0) is 6.07 Å². The molecule has 0 spiro atoms. The molecule has 0 saturated heterocycles. The van der Waals surface area contributed by atoms with Crippen LogP contribution in [0, 0.1) is 0 Å². The van der Waals surface area contributed by atoms with Crippen LogP contribution in [0.1, 0.15) is 27.8 Å². The number of aromatic nitrogens is 3. The van der Waals surface area contributed by atoms with Crippen molar-refractivity contribution in [1.29, 1.82) is 0 Å². The number of imidazole rings is 1. The van der Waals surface area contributed by atoms with Crippen molar-refractivity contribution in [2.45, 2.75) is 12.2 Å². The minimum atomic E-state index is -4.65. The molecule has 7 nitrogen and oxygen atoms in total. The molecule has 3 rings (SSSR count). The molecule has 142 valence electrons. The molecule has 10 heteroatoms. The molecule has 0 aliphatic heterocycles. The number of para-hydroxylation sites is 1. The number of rotatable bonds is 5. The first-order valence-corrected chi connectivity index (χ1v) is 7.89. The third kappa shape index (κ3) is 3.85. The van der Waals surface area contributed by atoms with E-state index in [0.717, 1.165) is 6.20 Å². The Morgan fingerprint density at radius 2 is 2.07 bits per heavy atom. The van der Waals surface area contributed by atoms with Crippen LogP contribution < -0.4 is 15.8 Å². The molecule has 1 amide bonds. The van der Waals surface area contributed by atoms with E-state index in [1.807, 2.05) is 0 Å². The summed E-state index contributed by atoms with van der Waals surface area (Å²) < 4.78 is 43.7. The largest absolute Gasteiger partial charge is 0.496 e. The summed E-state index contributed by atoms with van der Waals surface area (Å²) in [4.78, 5) is 21.8. The lowest BCUT2D eigenvalue weighted by Crippen LogP contribution is -2.32. The van der Waals surface area contributed by atoms with Crippen LogP contribution in [0.5, 0.6) is 5.75 Å². The topological polar surface area (TPSA) is 106 Å². The van der Waals surface area contributed by atoms with Crippen LogP contribution >= 0.6 is 0 Å². The number of nitrogens with zero attached hydrogens (tertiary/aromatic N) is 2. The molecule has 27 heavy (non-hydrogen) atoms. The van der Waals surface area contributed by atoms with Gasteiger partial charge in [0.25, 0.3) is 5.91 Å². The first kappa shape index (κ1) is 18.6. The Bertz CT molecular complexity index is 971. The highest BCUT2D eigenvalue weighted by Gasteiger charge is 2.35. The molecule has 0 radical (unpaired) electrons. The highest BCUT2D eigenvalue weighted by molar-refractivity contribution is 6.04. The van der Waals surface area contributed by atoms with Crippen molar-refractivity contribution >= 4 is 16.9 Å². The van der Waals surface area contributed by atoms with Crippen LogP contribution in [0.25, 0.3) is 11.0 Å². The average Bonchev–Trinajstić information content (AvgIpc) is 3.10. The summed E-state index contributed by atoms with van der Waals surface area (Å²) in [6.45, 7) is 0.0478. The zero-order valence-electron chi connectivity index (χ0n) is 14.2. The minimum Gasteiger partial charge on any atom is -0.496 e. The second-order valence-electron chi connectivity index (χ2n) is 5.72. The minimum absolute atomic E-state index is 0.0176. The molecular weight excluding hydrogens is 363 g/mol. The van der Waals surface area contributed by atoms with E-state index < -0.39 is 23.9 Å². The summed E-state index contributed by atoms with van der Waals surface area (Å²) >= 11 is 0. The van der Waals surface area contributed by atoms with E-state index >= 15 is 0 Å². The number of methoxy groups -OCH3 is 1. The summed E-state index contributed by atoms with van der Waals surface area (Å²) in [6.07, 6.45) is -2.32. The summed E-state index contributed by atoms with van der Waals surface area (Å²) in [5, 5.41) is 2.59. The van der Waals surface area contributed by atoms with Crippen molar-refractivity contribution in [3.8, 4) is 5.75 Å². The lowest BCUT2D eigenvalue weighted by molar-refractivity contribution is -0.144. The van der Waals surface area contributed by atoms with Gasteiger partial charge in [0, 0.05) is 18.3 Å². The van der Waals surface area contributed by atoms with Gasteiger partial charge in [-0.15, -0.1) is 0 Å². The number of hydrogen-bond donors (Lipinski definition) is 3. The monoisotopic (exact) mass is 379 g/mol. The molecule has 2 aromatic heterocycles. The van der Waals surface area contributed by atoms with Gasteiger partial charge in [0.2, 0.25) is 5.82 Å². The van der Waals surface area contributed by atoms with E-state index in [-0.39, 0.29) is 23.1 Å². The number of aromatic amines is 1. The number of carbonyl (C=O) groups is 1. The molecule has 0 aliphatic carbocycles. The lowest BCUT2D eigenvalue weighted by atomic mass is 10.1. The van der Waals surface area contributed by atoms with Gasteiger partial charge < -0.3 is 20.8 Å². The predicted molar refractivity (Wildman–Crippen MR) is 91.1 cm³/mol. The second kappa shape index (κ2) is 7.23. The third-order valence-corrected chi connectivity index (χ3v) is 3.93. The van der Waals surface area contributed by atoms with Crippen LogP contribution in [0.4, 0.5) is 13.2 Å². The molecule has 1 aromatic carbocycles. The fraction of sp³-hybridized carbons (Fsp3) is 0.235. The Kier molecular flexibility index (Phi) is 5.00. The van der Waals surface area contributed by atoms with Crippen LogP contribution in [-0.4, -0.2) is 34.5 Å². The van der Waals surface area contributed by atoms with Gasteiger partial charge >= 0.3 is 6.18 Å². The number of H-pyrrole nitrogens is 1. The van der Waals surface area contributed by atoms with Gasteiger partial charge in [-0.25, -0.2) is 4.98 Å². The standard InChI is InChI=1S/C17H16F3N5O2/c1-27-13-5-3-2-4-9(13)11(21)7-23-15(26)10-6-22-8-12-14(10)25-16(24-12)17(18,19)20/h2-6,8,11H,7,21H2,1H3,(H,23,26)(H,24,25). The first-order chi connectivity index (χ1) is 12.8. The summed E-state index contributed by atoms with van der Waals surface area (Å²) in [6, 6.07) is 6.51. The number of amides is 1. The van der Waals surface area contributed by atoms with E-state index in [9.17, 15) is 18.0 Å². The first-order valence-electron chi connectivity index (χ1n) is 7.89. The molecule has 1 atom stereocenters. The molecule has 0 saturated carbocycles. The maximum atomic E-state index is 12.8. The fourth-order valence-electron chi connectivity index (χ4n) is 2.61. The Morgan fingerprint density at radius 1 is 1.33 bits per heavy atom. The summed E-state index contributed by atoms with van der Waals surface area (Å²) in [5.74, 6) is -1.24. The van der Waals surface area contributed by atoms with Crippen molar-refractivity contribution in [3.63, 3.8) is 0 Å². The van der Waals surface area contributed by atoms with E-state index in [0.29, 0.717) is 11.3 Å². The number of alkyl halides is 3. The second-order valence-corrected chi connectivity index (χ2v) is 5.72. The molecular formula is C17H16F3N5O2. The molecule has 1 unspecified atom stereocenters. The van der Waals surface area contributed by atoms with Gasteiger partial charge in [0.15, 0.2) is 0 Å². The zero-order valence-corrected chi connectivity index (χ0v) is 14.2. The maximum absolute atomic E-state index is 12.8. The van der Waals surface area contributed by atoms with Crippen molar-refractivity contribution in [2.75, 3.05) is 13.7 Å². The van der Waals surface area contributed by atoms with Gasteiger partial charge in [0.05, 0.1) is 30.4 Å². The highest BCUT2D eigenvalue weighted by atomic mass is 19.4.